The van der Waals surface area contributed by atoms with Crippen LogP contribution >= 0.6 is 0 Å². The summed E-state index contributed by atoms with van der Waals surface area (Å²) in [6.45, 7) is 6.83. The molecule has 2 N–H and O–H groups in total. The Hall–Kier alpha value is -2.63. The van der Waals surface area contributed by atoms with Crippen molar-refractivity contribution < 1.29 is 9.59 Å². The first kappa shape index (κ1) is 19.1. The van der Waals surface area contributed by atoms with Crippen LogP contribution in [0.1, 0.15) is 61.3 Å². The molecular formula is C21H28N4O2. The van der Waals surface area contributed by atoms with Crippen LogP contribution in [-0.4, -0.2) is 21.4 Å². The van der Waals surface area contributed by atoms with E-state index in [1.54, 1.807) is 18.3 Å². The Balaban J connectivity index is 1.76. The first-order valence-electron chi connectivity index (χ1n) is 9.80. The zero-order valence-corrected chi connectivity index (χ0v) is 16.3. The fourth-order valence-corrected chi connectivity index (χ4v) is 3.50. The molecule has 144 valence electrons. The summed E-state index contributed by atoms with van der Waals surface area (Å²) in [5.41, 5.74) is 2.15. The minimum absolute atomic E-state index is 0.00511. The molecular weight excluding hydrogens is 340 g/mol. The van der Waals surface area contributed by atoms with Gasteiger partial charge in [-0.05, 0) is 50.3 Å². The maximum absolute atomic E-state index is 12.7. The monoisotopic (exact) mass is 368 g/mol. The van der Waals surface area contributed by atoms with Gasteiger partial charge in [-0.15, -0.1) is 0 Å². The highest BCUT2D eigenvalue weighted by Crippen LogP contribution is 2.22. The van der Waals surface area contributed by atoms with Crippen LogP contribution in [0.15, 0.2) is 24.4 Å². The number of rotatable bonds is 6. The number of hydrogen-bond acceptors (Lipinski definition) is 3. The second-order valence-corrected chi connectivity index (χ2v) is 7.15. The molecule has 0 unspecified atom stereocenters. The van der Waals surface area contributed by atoms with Crippen molar-refractivity contribution in [2.24, 2.45) is 5.92 Å². The third-order valence-corrected chi connectivity index (χ3v) is 5.33. The van der Waals surface area contributed by atoms with Gasteiger partial charge in [-0.1, -0.05) is 19.9 Å². The van der Waals surface area contributed by atoms with E-state index >= 15 is 0 Å². The van der Waals surface area contributed by atoms with Gasteiger partial charge in [0.25, 0.3) is 5.91 Å². The van der Waals surface area contributed by atoms with Gasteiger partial charge in [0.05, 0.1) is 6.20 Å². The Kier molecular flexibility index (Phi) is 5.94. The minimum Gasteiger partial charge on any atom is -0.326 e. The van der Waals surface area contributed by atoms with Crippen molar-refractivity contribution in [1.82, 2.24) is 9.55 Å². The lowest BCUT2D eigenvalue weighted by Crippen LogP contribution is -2.22. The van der Waals surface area contributed by atoms with E-state index < -0.39 is 0 Å². The Morgan fingerprint density at radius 3 is 2.70 bits per heavy atom. The van der Waals surface area contributed by atoms with Crippen LogP contribution < -0.4 is 10.6 Å². The topological polar surface area (TPSA) is 76.0 Å². The first-order chi connectivity index (χ1) is 13.0. The molecule has 2 amide bonds. The van der Waals surface area contributed by atoms with Gasteiger partial charge in [0.15, 0.2) is 0 Å². The van der Waals surface area contributed by atoms with Crippen molar-refractivity contribution in [3.05, 3.63) is 41.3 Å². The van der Waals surface area contributed by atoms with Crippen LogP contribution in [0.4, 0.5) is 11.5 Å². The molecule has 0 saturated carbocycles. The molecule has 0 atom stereocenters. The maximum Gasteiger partial charge on any atom is 0.256 e. The summed E-state index contributed by atoms with van der Waals surface area (Å²) < 4.78 is 2.07. The Morgan fingerprint density at radius 1 is 1.19 bits per heavy atom. The highest BCUT2D eigenvalue weighted by molar-refractivity contribution is 6.05. The Morgan fingerprint density at radius 2 is 1.96 bits per heavy atom. The molecule has 2 heterocycles. The average Bonchev–Trinajstić information content (AvgIpc) is 3.07. The van der Waals surface area contributed by atoms with Crippen molar-refractivity contribution in [2.75, 3.05) is 10.6 Å². The predicted octanol–water partition coefficient (Wildman–Crippen LogP) is 4.15. The molecule has 27 heavy (non-hydrogen) atoms. The standard InChI is InChI=1S/C21H28N4O2/c1-4-15(5-2)20(26)23-17-12-16(10-9-14(17)3)21(27)24-19-13-22-18-8-6-7-11-25(18)19/h9-10,12-13,15H,4-8,11H2,1-3H3,(H,23,26)(H,24,27). The van der Waals surface area contributed by atoms with E-state index in [9.17, 15) is 9.59 Å². The number of anilines is 2. The van der Waals surface area contributed by atoms with Crippen LogP contribution in [0.3, 0.4) is 0 Å². The third kappa shape index (κ3) is 4.21. The van der Waals surface area contributed by atoms with Crippen LogP contribution in [-0.2, 0) is 17.8 Å². The second kappa shape index (κ2) is 8.37. The average molecular weight is 368 g/mol. The van der Waals surface area contributed by atoms with E-state index in [1.165, 1.54) is 0 Å². The number of imidazole rings is 1. The molecule has 0 aliphatic carbocycles. The first-order valence-corrected chi connectivity index (χ1v) is 9.80. The van der Waals surface area contributed by atoms with Crippen LogP contribution in [0.2, 0.25) is 0 Å². The summed E-state index contributed by atoms with van der Waals surface area (Å²) in [5.74, 6) is 1.56. The molecule has 1 aromatic carbocycles. The van der Waals surface area contributed by atoms with Gasteiger partial charge < -0.3 is 15.2 Å². The van der Waals surface area contributed by atoms with Crippen molar-refractivity contribution in [1.29, 1.82) is 0 Å². The lowest BCUT2D eigenvalue weighted by atomic mass is 10.0. The zero-order valence-electron chi connectivity index (χ0n) is 16.3. The van der Waals surface area contributed by atoms with Gasteiger partial charge in [0.1, 0.15) is 11.6 Å². The number of hydrogen-bond donors (Lipinski definition) is 2. The number of aromatic nitrogens is 2. The summed E-state index contributed by atoms with van der Waals surface area (Å²) >= 11 is 0. The number of amides is 2. The fourth-order valence-electron chi connectivity index (χ4n) is 3.50. The van der Waals surface area contributed by atoms with Crippen molar-refractivity contribution >= 4 is 23.3 Å². The van der Waals surface area contributed by atoms with E-state index in [4.69, 9.17) is 0 Å². The zero-order chi connectivity index (χ0) is 19.4. The highest BCUT2D eigenvalue weighted by Gasteiger charge is 2.18. The van der Waals surface area contributed by atoms with E-state index in [1.807, 2.05) is 26.8 Å². The molecule has 0 bridgehead atoms. The fraction of sp³-hybridized carbons (Fsp3) is 0.476. The maximum atomic E-state index is 12.7. The summed E-state index contributed by atoms with van der Waals surface area (Å²) in [6, 6.07) is 5.40. The smallest absolute Gasteiger partial charge is 0.256 e. The van der Waals surface area contributed by atoms with E-state index in [0.717, 1.165) is 55.9 Å². The van der Waals surface area contributed by atoms with Crippen LogP contribution in [0, 0.1) is 12.8 Å². The third-order valence-electron chi connectivity index (χ3n) is 5.33. The molecule has 1 aromatic heterocycles. The van der Waals surface area contributed by atoms with Crippen molar-refractivity contribution in [3.8, 4) is 0 Å². The summed E-state index contributed by atoms with van der Waals surface area (Å²) in [4.78, 5) is 29.5. The number of aryl methyl sites for hydroxylation is 2. The van der Waals surface area contributed by atoms with Crippen LogP contribution in [0.5, 0.6) is 0 Å². The van der Waals surface area contributed by atoms with E-state index in [2.05, 4.69) is 20.2 Å². The number of carbonyl (C=O) groups excluding carboxylic acids is 2. The van der Waals surface area contributed by atoms with E-state index in [0.29, 0.717) is 11.3 Å². The van der Waals surface area contributed by atoms with Crippen molar-refractivity contribution in [3.63, 3.8) is 0 Å². The van der Waals surface area contributed by atoms with Gasteiger partial charge in [-0.2, -0.15) is 0 Å². The highest BCUT2D eigenvalue weighted by atomic mass is 16.2. The van der Waals surface area contributed by atoms with Gasteiger partial charge in [-0.25, -0.2) is 4.98 Å². The Labute approximate surface area is 160 Å². The largest absolute Gasteiger partial charge is 0.326 e. The van der Waals surface area contributed by atoms with Crippen molar-refractivity contribution in [2.45, 2.75) is 59.4 Å². The van der Waals surface area contributed by atoms with Gasteiger partial charge in [0, 0.05) is 30.1 Å². The molecule has 0 saturated heterocycles. The molecule has 3 rings (SSSR count). The summed E-state index contributed by atoms with van der Waals surface area (Å²) in [6.07, 6.45) is 6.52. The number of nitrogens with zero attached hydrogens (tertiary/aromatic N) is 2. The predicted molar refractivity (Wildman–Crippen MR) is 107 cm³/mol. The lowest BCUT2D eigenvalue weighted by Gasteiger charge is -2.17. The molecule has 0 fully saturated rings. The summed E-state index contributed by atoms with van der Waals surface area (Å²) in [7, 11) is 0. The lowest BCUT2D eigenvalue weighted by molar-refractivity contribution is -0.120. The molecule has 1 aliphatic heterocycles. The number of fused-ring (bicyclic) bond motifs is 1. The molecule has 1 aliphatic rings. The molecule has 6 nitrogen and oxygen atoms in total. The van der Waals surface area contributed by atoms with Gasteiger partial charge in [-0.3, -0.25) is 9.59 Å². The number of benzene rings is 1. The molecule has 0 spiro atoms. The van der Waals surface area contributed by atoms with Crippen LogP contribution in [0.25, 0.3) is 0 Å². The SMILES string of the molecule is CCC(CC)C(=O)Nc1cc(C(=O)Nc2cnc3n2CCCC3)ccc1C. The molecule has 0 radical (unpaired) electrons. The quantitative estimate of drug-likeness (QED) is 0.804. The normalized spacial score (nSPS) is 13.3. The van der Waals surface area contributed by atoms with Gasteiger partial charge >= 0.3 is 0 Å². The number of nitrogens with one attached hydrogen (secondary N) is 2. The van der Waals surface area contributed by atoms with Gasteiger partial charge in [0.2, 0.25) is 5.91 Å². The Bertz CT molecular complexity index is 837. The molecule has 6 heteroatoms. The minimum atomic E-state index is -0.193. The van der Waals surface area contributed by atoms with E-state index in [-0.39, 0.29) is 17.7 Å². The number of carbonyl (C=O) groups is 2. The molecule has 2 aromatic rings. The summed E-state index contributed by atoms with van der Waals surface area (Å²) in [5, 5.41) is 5.94. The second-order valence-electron chi connectivity index (χ2n) is 7.15.